The van der Waals surface area contributed by atoms with Crippen LogP contribution in [0.4, 0.5) is 10.2 Å². The number of piperidine rings is 2. The molecule has 3 fully saturated rings. The van der Waals surface area contributed by atoms with Crippen LogP contribution >= 0.6 is 0 Å². The summed E-state index contributed by atoms with van der Waals surface area (Å²) in [6, 6.07) is 15.8. The summed E-state index contributed by atoms with van der Waals surface area (Å²) in [6.07, 6.45) is 7.78. The molecule has 60 heavy (non-hydrogen) atoms. The van der Waals surface area contributed by atoms with E-state index in [1.165, 1.54) is 19.5 Å². The van der Waals surface area contributed by atoms with Gasteiger partial charge in [0.2, 0.25) is 17.6 Å². The van der Waals surface area contributed by atoms with Crippen LogP contribution in [0.2, 0.25) is 0 Å². The molecule has 4 amide bonds. The number of likely N-dealkylation sites (tertiary alicyclic amines) is 1. The molecule has 10 rings (SSSR count). The van der Waals surface area contributed by atoms with Crippen LogP contribution in [0, 0.1) is 5.82 Å². The van der Waals surface area contributed by atoms with Gasteiger partial charge in [0.1, 0.15) is 29.6 Å². The van der Waals surface area contributed by atoms with Crippen molar-refractivity contribution < 1.29 is 33.0 Å². The Labute approximate surface area is 344 Å². The van der Waals surface area contributed by atoms with Gasteiger partial charge in [-0.2, -0.15) is 9.49 Å². The van der Waals surface area contributed by atoms with Crippen molar-refractivity contribution in [1.29, 1.82) is 0 Å². The lowest BCUT2D eigenvalue weighted by atomic mass is 9.88. The van der Waals surface area contributed by atoms with Crippen molar-refractivity contribution >= 4 is 40.5 Å². The Morgan fingerprint density at radius 3 is 2.10 bits per heavy atom. The minimum absolute atomic E-state index is 0.0676. The second-order valence-electron chi connectivity index (χ2n) is 16.4. The number of carbonyl (C=O) groups is 4. The van der Waals surface area contributed by atoms with E-state index in [2.05, 4.69) is 25.1 Å². The number of nitrogens with zero attached hydrogens (tertiary/aromatic N) is 7. The Kier molecular flexibility index (Phi) is 9.55. The number of fused-ring (bicyclic) bond motifs is 3. The minimum Gasteiger partial charge on any atom is -0.494 e. The largest absolute Gasteiger partial charge is 0.494 e. The van der Waals surface area contributed by atoms with Gasteiger partial charge in [-0.1, -0.05) is 6.07 Å². The Morgan fingerprint density at radius 1 is 0.783 bits per heavy atom. The molecule has 15 nitrogen and oxygen atoms in total. The van der Waals surface area contributed by atoms with Gasteiger partial charge in [0.05, 0.1) is 29.7 Å². The van der Waals surface area contributed by atoms with E-state index in [9.17, 15) is 23.6 Å². The summed E-state index contributed by atoms with van der Waals surface area (Å²) in [5.41, 5.74) is 11.4. The van der Waals surface area contributed by atoms with Gasteiger partial charge in [-0.25, -0.2) is 14.6 Å². The van der Waals surface area contributed by atoms with Crippen molar-refractivity contribution in [2.75, 3.05) is 25.9 Å². The summed E-state index contributed by atoms with van der Waals surface area (Å²) >= 11 is 0. The Morgan fingerprint density at radius 2 is 1.43 bits per heavy atom. The highest BCUT2D eigenvalue weighted by molar-refractivity contribution is 6.23. The van der Waals surface area contributed by atoms with E-state index in [1.807, 2.05) is 28.9 Å². The lowest BCUT2D eigenvalue weighted by molar-refractivity contribution is -0.136. The van der Waals surface area contributed by atoms with Crippen LogP contribution in [0.3, 0.4) is 0 Å². The molecular weight excluding hydrogens is 770 g/mol. The number of amides is 4. The number of ether oxygens (including phenoxy) is 2. The maximum absolute atomic E-state index is 14.7. The molecule has 2 saturated heterocycles. The molecule has 5 aliphatic rings. The molecule has 5 aromatic rings. The first kappa shape index (κ1) is 38.0. The van der Waals surface area contributed by atoms with Crippen LogP contribution < -0.4 is 20.5 Å². The molecule has 3 aromatic carbocycles. The predicted molar refractivity (Wildman–Crippen MR) is 216 cm³/mol. The number of halogens is 1. The molecule has 6 heterocycles. The molecular formula is C44H44FN9O6. The zero-order valence-corrected chi connectivity index (χ0v) is 33.1. The fourth-order valence-electron chi connectivity index (χ4n) is 9.92. The maximum atomic E-state index is 14.7. The number of carbonyl (C=O) groups excluding carboxylic acids is 4. The molecule has 2 aromatic heterocycles. The Bertz CT molecular complexity index is 2520. The summed E-state index contributed by atoms with van der Waals surface area (Å²) in [6.45, 7) is 3.44. The van der Waals surface area contributed by atoms with E-state index in [1.54, 1.807) is 24.3 Å². The van der Waals surface area contributed by atoms with Crippen LogP contribution in [0.15, 0.2) is 60.9 Å². The molecule has 1 saturated carbocycles. The third-order valence-corrected chi connectivity index (χ3v) is 13.1. The van der Waals surface area contributed by atoms with Crippen molar-refractivity contribution in [3.63, 3.8) is 0 Å². The van der Waals surface area contributed by atoms with Crippen LogP contribution in [0.5, 0.6) is 17.2 Å². The summed E-state index contributed by atoms with van der Waals surface area (Å²) in [5.74, 6) is -1.48. The number of methoxy groups -OCH3 is 1. The summed E-state index contributed by atoms with van der Waals surface area (Å²) in [5, 5.41) is 8.06. The predicted octanol–water partition coefficient (Wildman–Crippen LogP) is 5.38. The normalized spacial score (nSPS) is 22.6. The maximum Gasteiger partial charge on any atom is 0.262 e. The zero-order chi connectivity index (χ0) is 41.2. The first-order valence-corrected chi connectivity index (χ1v) is 20.6. The lowest BCUT2D eigenvalue weighted by Gasteiger charge is -2.42. The molecule has 1 atom stereocenters. The Hall–Kier alpha value is -6.26. The lowest BCUT2D eigenvalue weighted by Crippen LogP contribution is -2.54. The highest BCUT2D eigenvalue weighted by Crippen LogP contribution is 2.40. The van der Waals surface area contributed by atoms with E-state index < -0.39 is 29.6 Å². The van der Waals surface area contributed by atoms with Crippen molar-refractivity contribution in [2.45, 2.75) is 88.6 Å². The van der Waals surface area contributed by atoms with E-state index in [0.29, 0.717) is 64.6 Å². The smallest absolute Gasteiger partial charge is 0.262 e. The van der Waals surface area contributed by atoms with Crippen LogP contribution in [-0.4, -0.2) is 96.4 Å². The fraction of sp³-hybridized carbons (Fsp3) is 0.386. The number of hydrogen-bond acceptors (Lipinski definition) is 12. The van der Waals surface area contributed by atoms with Gasteiger partial charge in [0.15, 0.2) is 17.1 Å². The second kappa shape index (κ2) is 15.1. The first-order chi connectivity index (χ1) is 29.1. The quantitative estimate of drug-likeness (QED) is 0.192. The van der Waals surface area contributed by atoms with Gasteiger partial charge in [-0.05, 0) is 118 Å². The minimum atomic E-state index is -0.966. The average Bonchev–Trinajstić information content (AvgIpc) is 3.94. The number of imide groups is 2. The molecule has 16 heteroatoms. The number of aromatic nitrogens is 4. The van der Waals surface area contributed by atoms with Crippen molar-refractivity contribution in [3.8, 4) is 28.5 Å². The molecule has 1 aliphatic carbocycles. The third kappa shape index (κ3) is 6.54. The number of nitrogen functional groups attached to an aromatic ring is 1. The topological polar surface area (TPSA) is 178 Å². The Balaban J connectivity index is 0.760. The van der Waals surface area contributed by atoms with E-state index in [-0.39, 0.29) is 36.3 Å². The molecule has 0 bridgehead atoms. The van der Waals surface area contributed by atoms with Gasteiger partial charge < -0.3 is 20.1 Å². The zero-order valence-electron chi connectivity index (χ0n) is 33.1. The second-order valence-corrected chi connectivity index (χ2v) is 16.4. The van der Waals surface area contributed by atoms with Crippen molar-refractivity contribution in [2.24, 2.45) is 0 Å². The van der Waals surface area contributed by atoms with E-state index in [0.717, 1.165) is 73.2 Å². The van der Waals surface area contributed by atoms with E-state index >= 15 is 0 Å². The fourth-order valence-corrected chi connectivity index (χ4v) is 9.92. The number of anilines is 1. The highest BCUT2D eigenvalue weighted by atomic mass is 19.1. The summed E-state index contributed by atoms with van der Waals surface area (Å²) < 4.78 is 27.7. The molecule has 0 spiro atoms. The summed E-state index contributed by atoms with van der Waals surface area (Å²) in [7, 11) is 1.41. The van der Waals surface area contributed by atoms with E-state index in [4.69, 9.17) is 20.3 Å². The number of benzene rings is 3. The number of nitrogens with one attached hydrogen (secondary N) is 1. The standard InChI is InChI=1S/C44H44FN9O6/c1-59-34-3-2-4-35(38(34)45)60-30-11-5-24(6-12-30)39-37-40(46)47-23-48-41(37)54(50-39)29-9-7-27(8-10-29)51-17-15-28(16-18-51)52-21-25-19-31-32(20-26(25)22-52)44(58)53(43(31)57)33-13-14-36(55)49-42(33)56/h2-6,11-12,19-20,23,27-29,33H,7-10,13-18,21-22H2,1H3,(H2,46,47,48)(H,49,55,56). The monoisotopic (exact) mass is 813 g/mol. The van der Waals surface area contributed by atoms with Gasteiger partial charge in [-0.15, -0.1) is 0 Å². The highest BCUT2D eigenvalue weighted by Gasteiger charge is 2.46. The van der Waals surface area contributed by atoms with Crippen LogP contribution in [-0.2, 0) is 22.7 Å². The molecule has 1 unspecified atom stereocenters. The SMILES string of the molecule is COc1cccc(Oc2ccc(-c3nn(C4CCC(N5CCC(N6Cc7cc8c(cc7C6)C(=O)N(C6CCC(=O)NC6=O)C8=O)CC5)CC4)c4ncnc(N)c34)cc2)c1F. The third-order valence-electron chi connectivity index (χ3n) is 13.1. The van der Waals surface area contributed by atoms with Crippen molar-refractivity contribution in [3.05, 3.63) is 89.0 Å². The number of hydrogen-bond donors (Lipinski definition) is 2. The molecule has 0 radical (unpaired) electrons. The molecule has 4 aliphatic heterocycles. The van der Waals surface area contributed by atoms with Gasteiger partial charge >= 0.3 is 0 Å². The molecule has 3 N–H and O–H groups in total. The summed E-state index contributed by atoms with van der Waals surface area (Å²) in [4.78, 5) is 66.0. The molecule has 308 valence electrons. The van der Waals surface area contributed by atoms with Crippen LogP contribution in [0.25, 0.3) is 22.3 Å². The number of rotatable bonds is 8. The average molecular weight is 814 g/mol. The number of nitrogens with two attached hydrogens (primary N) is 1. The van der Waals surface area contributed by atoms with Gasteiger partial charge in [0, 0.05) is 37.2 Å². The van der Waals surface area contributed by atoms with Crippen LogP contribution in [0.1, 0.15) is 89.3 Å². The van der Waals surface area contributed by atoms with Gasteiger partial charge in [0.25, 0.3) is 11.8 Å². The van der Waals surface area contributed by atoms with Crippen molar-refractivity contribution in [1.82, 2.24) is 39.8 Å². The van der Waals surface area contributed by atoms with Gasteiger partial charge in [-0.3, -0.25) is 34.3 Å². The first-order valence-electron chi connectivity index (χ1n) is 20.6.